The lowest BCUT2D eigenvalue weighted by atomic mass is 9.96. The molecular formula is C26H50NO22P. The molecule has 0 saturated carbocycles. The fourth-order valence-electron chi connectivity index (χ4n) is 5.30. The van der Waals surface area contributed by atoms with E-state index in [2.05, 4.69) is 0 Å². The number of aliphatic hydroxyl groups excluding tert-OH is 12. The van der Waals surface area contributed by atoms with E-state index in [9.17, 15) is 70.7 Å². The third-order valence-corrected chi connectivity index (χ3v) is 9.29. The van der Waals surface area contributed by atoms with Gasteiger partial charge in [0.2, 0.25) is 0 Å². The molecule has 24 heteroatoms. The summed E-state index contributed by atoms with van der Waals surface area (Å²) in [6.07, 6.45) is -32.2. The number of rotatable bonds is 18. The summed E-state index contributed by atoms with van der Waals surface area (Å²) < 4.78 is 54.8. The van der Waals surface area contributed by atoms with E-state index >= 15 is 0 Å². The van der Waals surface area contributed by atoms with Gasteiger partial charge in [-0.2, -0.15) is 0 Å². The van der Waals surface area contributed by atoms with Gasteiger partial charge < -0.3 is 100 Å². The Morgan fingerprint density at radius 2 is 1.26 bits per heavy atom. The lowest BCUT2D eigenvalue weighted by Gasteiger charge is -2.48. The summed E-state index contributed by atoms with van der Waals surface area (Å²) in [5, 5.41) is 124. The van der Waals surface area contributed by atoms with Crippen LogP contribution in [0.2, 0.25) is 0 Å². The molecule has 15 N–H and O–H groups in total. The second-order valence-corrected chi connectivity index (χ2v) is 13.4. The normalized spacial score (nSPS) is 42.8. The van der Waals surface area contributed by atoms with Gasteiger partial charge in [-0.05, 0) is 19.9 Å². The number of hydrogen-bond acceptors (Lipinski definition) is 22. The zero-order valence-electron chi connectivity index (χ0n) is 26.9. The number of nitrogens with two attached hydrogens (primary N) is 1. The van der Waals surface area contributed by atoms with Gasteiger partial charge in [0, 0.05) is 0 Å². The highest BCUT2D eigenvalue weighted by atomic mass is 31.2. The molecule has 0 spiro atoms. The number of phosphoric acid groups is 1. The minimum Gasteiger partial charge on any atom is -0.394 e. The second-order valence-electron chi connectivity index (χ2n) is 12.0. The Kier molecular flexibility index (Phi) is 17.2. The minimum absolute atomic E-state index is 0.132. The molecule has 3 heterocycles. The largest absolute Gasteiger partial charge is 0.472 e. The molecule has 3 saturated heterocycles. The first-order chi connectivity index (χ1) is 23.5. The molecule has 23 nitrogen and oxygen atoms in total. The predicted molar refractivity (Wildman–Crippen MR) is 157 cm³/mol. The van der Waals surface area contributed by atoms with Crippen molar-refractivity contribution in [2.45, 2.75) is 124 Å². The highest BCUT2D eigenvalue weighted by Gasteiger charge is 2.54. The van der Waals surface area contributed by atoms with Crippen LogP contribution in [0, 0.1) is 0 Å². The van der Waals surface area contributed by atoms with Crippen molar-refractivity contribution < 1.29 is 108 Å². The lowest BCUT2D eigenvalue weighted by Crippen LogP contribution is -2.66. The maximum absolute atomic E-state index is 12.3. The monoisotopic (exact) mass is 759 g/mol. The highest BCUT2D eigenvalue weighted by Crippen LogP contribution is 2.44. The summed E-state index contributed by atoms with van der Waals surface area (Å²) in [5.41, 5.74) is 5.32. The van der Waals surface area contributed by atoms with E-state index in [1.807, 2.05) is 0 Å². The summed E-state index contributed by atoms with van der Waals surface area (Å²) in [6.45, 7) is -2.53. The van der Waals surface area contributed by atoms with E-state index in [4.69, 9.17) is 43.2 Å². The van der Waals surface area contributed by atoms with Crippen LogP contribution in [0.3, 0.4) is 0 Å². The van der Waals surface area contributed by atoms with Gasteiger partial charge in [0.05, 0.1) is 39.1 Å². The van der Waals surface area contributed by atoms with E-state index in [-0.39, 0.29) is 19.6 Å². The predicted octanol–water partition coefficient (Wildman–Crippen LogP) is -7.96. The lowest BCUT2D eigenvalue weighted by molar-refractivity contribution is -0.382. The van der Waals surface area contributed by atoms with Crippen molar-refractivity contribution in [2.75, 3.05) is 39.6 Å². The fraction of sp³-hybridized carbons (Fsp3) is 1.00. The molecule has 0 aliphatic carbocycles. The van der Waals surface area contributed by atoms with Crippen LogP contribution in [0.25, 0.3) is 0 Å². The molecule has 0 aromatic rings. The molecule has 1 unspecified atom stereocenters. The topological polar surface area (TPSA) is 380 Å². The van der Waals surface area contributed by atoms with Crippen LogP contribution >= 0.6 is 7.82 Å². The van der Waals surface area contributed by atoms with Crippen LogP contribution in [0.4, 0.5) is 0 Å². The van der Waals surface area contributed by atoms with Crippen LogP contribution in [-0.2, 0) is 42.0 Å². The maximum atomic E-state index is 12.3. The van der Waals surface area contributed by atoms with Crippen molar-refractivity contribution in [1.29, 1.82) is 0 Å². The molecule has 3 fully saturated rings. The van der Waals surface area contributed by atoms with Gasteiger partial charge in [0.1, 0.15) is 85.5 Å². The van der Waals surface area contributed by atoms with Gasteiger partial charge in [-0.1, -0.05) is 0 Å². The van der Waals surface area contributed by atoms with Gasteiger partial charge in [0.15, 0.2) is 18.9 Å². The molecule has 0 amide bonds. The maximum Gasteiger partial charge on any atom is 0.472 e. The molecule has 0 bridgehead atoms. The fourth-order valence-corrected chi connectivity index (χ4v) is 6.07. The minimum atomic E-state index is -4.76. The Hall–Kier alpha value is -0.650. The van der Waals surface area contributed by atoms with Crippen LogP contribution in [-0.4, -0.2) is 216 Å². The van der Waals surface area contributed by atoms with Crippen LogP contribution < -0.4 is 5.73 Å². The molecule has 19 atom stereocenters. The van der Waals surface area contributed by atoms with Crippen molar-refractivity contribution in [2.24, 2.45) is 5.73 Å². The van der Waals surface area contributed by atoms with Crippen LogP contribution in [0.15, 0.2) is 0 Å². The average molecular weight is 760 g/mol. The molecule has 0 aromatic carbocycles. The summed E-state index contributed by atoms with van der Waals surface area (Å²) in [4.78, 5) is 9.95. The first-order valence-electron chi connectivity index (χ1n) is 15.7. The van der Waals surface area contributed by atoms with Gasteiger partial charge in [-0.25, -0.2) is 4.57 Å². The summed E-state index contributed by atoms with van der Waals surface area (Å²) in [5.74, 6) is 0. The third kappa shape index (κ3) is 10.7. The Morgan fingerprint density at radius 1 is 0.720 bits per heavy atom. The first kappa shape index (κ1) is 43.8. The van der Waals surface area contributed by atoms with Crippen molar-refractivity contribution in [3.63, 3.8) is 0 Å². The Morgan fingerprint density at radius 3 is 1.82 bits per heavy atom. The number of hydrogen-bond donors (Lipinski definition) is 14. The highest BCUT2D eigenvalue weighted by molar-refractivity contribution is 7.47. The number of aliphatic hydroxyl groups is 12. The zero-order chi connectivity index (χ0) is 37.5. The average Bonchev–Trinajstić information content (AvgIpc) is 3.09. The molecular weight excluding hydrogens is 709 g/mol. The van der Waals surface area contributed by atoms with E-state index in [1.165, 1.54) is 6.92 Å². The first-order valence-corrected chi connectivity index (χ1v) is 17.2. The van der Waals surface area contributed by atoms with Gasteiger partial charge in [0.25, 0.3) is 0 Å². The van der Waals surface area contributed by atoms with Crippen molar-refractivity contribution >= 4 is 7.82 Å². The zero-order valence-corrected chi connectivity index (χ0v) is 27.7. The summed E-state index contributed by atoms with van der Waals surface area (Å²) in [6, 6.07) is 0. The van der Waals surface area contributed by atoms with E-state index < -0.39 is 145 Å². The van der Waals surface area contributed by atoms with E-state index in [0.29, 0.717) is 0 Å². The van der Waals surface area contributed by atoms with Crippen molar-refractivity contribution in [3.05, 3.63) is 0 Å². The Balaban J connectivity index is 1.79. The molecule has 296 valence electrons. The van der Waals surface area contributed by atoms with Crippen LogP contribution in [0.1, 0.15) is 13.3 Å². The standard InChI is InChI=1S/C26H50NO22P/c1-9-14(32)22(20(38)25(44-9)47-13(15(33)10(31)5-28)8-43-50(40,41)42-4-2-3-27)48-26-21(39)23(17(35)12(7-30)46-26)49-24-19(37)18(36)16(34)11(6-29)45-24/h9-26,28-39H,2-8,27H2,1H3,(H,40,41)/t9-,10-,11+,12+,13+,14-,15-,16-,17+,18-,19+,20+,21+,22+,23-,24+,25-,26+/m0/s1. The summed E-state index contributed by atoms with van der Waals surface area (Å²) in [7, 11) is -4.76. The quantitative estimate of drug-likeness (QED) is 0.0456. The van der Waals surface area contributed by atoms with E-state index in [0.717, 1.165) is 0 Å². The number of phosphoric ester groups is 1. The van der Waals surface area contributed by atoms with Crippen LogP contribution in [0.5, 0.6) is 0 Å². The molecule has 0 radical (unpaired) electrons. The smallest absolute Gasteiger partial charge is 0.394 e. The van der Waals surface area contributed by atoms with E-state index in [1.54, 1.807) is 0 Å². The Labute approximate surface area is 285 Å². The van der Waals surface area contributed by atoms with Gasteiger partial charge in [-0.3, -0.25) is 9.05 Å². The van der Waals surface area contributed by atoms with Crippen molar-refractivity contribution in [1.82, 2.24) is 0 Å². The third-order valence-electron chi connectivity index (χ3n) is 8.31. The van der Waals surface area contributed by atoms with Gasteiger partial charge in [-0.15, -0.1) is 0 Å². The summed E-state index contributed by atoms with van der Waals surface area (Å²) >= 11 is 0. The molecule has 0 aromatic heterocycles. The molecule has 3 rings (SSSR count). The molecule has 3 aliphatic heterocycles. The molecule has 3 aliphatic rings. The van der Waals surface area contributed by atoms with Gasteiger partial charge >= 0.3 is 7.82 Å². The molecule has 50 heavy (non-hydrogen) atoms. The SMILES string of the molecule is C[C@@H]1O[C@@H](O[C@H](COP(=O)(O)OCCCN)[C@@H](O)[C@@H](O)CO)[C@H](O)[C@H](O[C@H]2O[C@H](CO)[C@@H](O)[C@H](O[C@H]3O[C@H](CO)[C@H](O)[C@H](O)[C@H]3O)[C@H]2O)[C@H]1O. The second kappa shape index (κ2) is 19.6. The van der Waals surface area contributed by atoms with Crippen molar-refractivity contribution in [3.8, 4) is 0 Å². The Bertz CT molecular complexity index is 1050. The number of ether oxygens (including phenoxy) is 6.